The molecule has 9 aromatic rings. The van der Waals surface area contributed by atoms with E-state index >= 15 is 0 Å². The van der Waals surface area contributed by atoms with Crippen LogP contribution in [0.15, 0.2) is 167 Å². The summed E-state index contributed by atoms with van der Waals surface area (Å²) in [6.07, 6.45) is 0. The van der Waals surface area contributed by atoms with Crippen LogP contribution in [0.25, 0.3) is 82.8 Å². The number of hydrogen-bond donors (Lipinski definition) is 0. The number of furan rings is 1. The maximum atomic E-state index is 6.37. The van der Waals surface area contributed by atoms with Crippen molar-refractivity contribution in [2.24, 2.45) is 0 Å². The molecule has 0 radical (unpaired) electrons. The Morgan fingerprint density at radius 3 is 1.43 bits per heavy atom. The second kappa shape index (κ2) is 13.1. The Morgan fingerprint density at radius 1 is 0.414 bits per heavy atom. The van der Waals surface area contributed by atoms with Gasteiger partial charge in [0, 0.05) is 38.1 Å². The highest BCUT2D eigenvalue weighted by Crippen LogP contribution is 2.58. The molecule has 2 heterocycles. The molecule has 0 N–H and O–H groups in total. The zero-order chi connectivity index (χ0) is 40.1. The number of benzene rings is 7. The first kappa shape index (κ1) is 36.0. The molecular formula is C56H49NO. The average Bonchev–Trinajstić information content (AvgIpc) is 3.91. The first-order chi connectivity index (χ1) is 28.1. The van der Waals surface area contributed by atoms with E-state index in [0.717, 1.165) is 21.9 Å². The summed E-state index contributed by atoms with van der Waals surface area (Å²) in [5.41, 5.74) is 21.2. The smallest absolute Gasteiger partial charge is 0.135 e. The van der Waals surface area contributed by atoms with E-state index in [2.05, 4.69) is 198 Å². The summed E-state index contributed by atoms with van der Waals surface area (Å²) in [4.78, 5) is 0. The fraction of sp³-hybridized carbons (Fsp3) is 0.179. The van der Waals surface area contributed by atoms with Crippen molar-refractivity contribution in [3.8, 4) is 27.9 Å². The number of hydrogen-bond acceptors (Lipinski definition) is 1. The van der Waals surface area contributed by atoms with E-state index < -0.39 is 0 Å². The molecule has 0 saturated carbocycles. The van der Waals surface area contributed by atoms with Gasteiger partial charge < -0.3 is 8.98 Å². The third-order valence-corrected chi connectivity index (χ3v) is 13.5. The van der Waals surface area contributed by atoms with Gasteiger partial charge in [-0.25, -0.2) is 0 Å². The molecule has 2 aromatic heterocycles. The lowest BCUT2D eigenvalue weighted by Crippen LogP contribution is -2.15. The van der Waals surface area contributed by atoms with Crippen molar-refractivity contribution in [3.05, 3.63) is 185 Å². The summed E-state index contributed by atoms with van der Waals surface area (Å²) in [5, 5.41) is 4.86. The van der Waals surface area contributed by atoms with Gasteiger partial charge in [0.15, 0.2) is 0 Å². The van der Waals surface area contributed by atoms with Crippen LogP contribution < -0.4 is 0 Å². The monoisotopic (exact) mass is 751 g/mol. The molecule has 0 spiro atoms. The van der Waals surface area contributed by atoms with Crippen LogP contribution in [0.1, 0.15) is 77.6 Å². The normalized spacial score (nSPS) is 15.4. The van der Waals surface area contributed by atoms with Crippen molar-refractivity contribution in [1.82, 2.24) is 4.57 Å². The van der Waals surface area contributed by atoms with Crippen LogP contribution in [0.5, 0.6) is 0 Å². The third kappa shape index (κ3) is 5.10. The second-order valence-electron chi connectivity index (χ2n) is 17.0. The van der Waals surface area contributed by atoms with E-state index in [0.29, 0.717) is 0 Å². The Balaban J connectivity index is 0.00000201. The molecule has 58 heavy (non-hydrogen) atoms. The van der Waals surface area contributed by atoms with Crippen molar-refractivity contribution >= 4 is 54.9 Å². The summed E-state index contributed by atoms with van der Waals surface area (Å²) in [7, 11) is 0. The maximum absolute atomic E-state index is 6.37. The van der Waals surface area contributed by atoms with Crippen molar-refractivity contribution < 1.29 is 4.42 Å². The Hall–Kier alpha value is -6.38. The third-order valence-electron chi connectivity index (χ3n) is 13.5. The van der Waals surface area contributed by atoms with Gasteiger partial charge in [-0.2, -0.15) is 0 Å². The van der Waals surface area contributed by atoms with Crippen LogP contribution in [-0.2, 0) is 10.8 Å². The van der Waals surface area contributed by atoms with Gasteiger partial charge in [0.05, 0.1) is 11.0 Å². The van der Waals surface area contributed by atoms with Gasteiger partial charge >= 0.3 is 0 Å². The first-order valence-electron chi connectivity index (χ1n) is 20.8. The number of para-hydroxylation sites is 2. The van der Waals surface area contributed by atoms with Gasteiger partial charge in [0.25, 0.3) is 0 Å². The maximum Gasteiger partial charge on any atom is 0.135 e. The quantitative estimate of drug-likeness (QED) is 0.175. The van der Waals surface area contributed by atoms with Crippen LogP contribution in [0.4, 0.5) is 0 Å². The van der Waals surface area contributed by atoms with Gasteiger partial charge in [0.1, 0.15) is 11.2 Å². The molecule has 0 saturated heterocycles. The molecule has 0 unspecified atom stereocenters. The molecule has 11 rings (SSSR count). The number of allylic oxidation sites excluding steroid dienone is 4. The summed E-state index contributed by atoms with van der Waals surface area (Å²) in [6, 6.07) is 55.8. The topological polar surface area (TPSA) is 18.1 Å². The Bertz CT molecular complexity index is 3140. The number of nitrogens with zero attached hydrogens (tertiary/aromatic N) is 1. The molecule has 2 aliphatic rings. The Morgan fingerprint density at radius 2 is 0.862 bits per heavy atom. The minimum absolute atomic E-state index is 0.103. The lowest BCUT2D eigenvalue weighted by molar-refractivity contribution is 0.637. The van der Waals surface area contributed by atoms with Gasteiger partial charge in [0.2, 0.25) is 0 Å². The summed E-state index contributed by atoms with van der Waals surface area (Å²) in [6.45, 7) is 18.3. The van der Waals surface area contributed by atoms with E-state index in [4.69, 9.17) is 4.42 Å². The lowest BCUT2D eigenvalue weighted by atomic mass is 9.81. The molecule has 0 aliphatic heterocycles. The zero-order valence-corrected chi connectivity index (χ0v) is 34.8. The van der Waals surface area contributed by atoms with E-state index in [1.54, 1.807) is 0 Å². The number of rotatable bonds is 4. The molecule has 0 bridgehead atoms. The van der Waals surface area contributed by atoms with Crippen LogP contribution in [0.2, 0.25) is 0 Å². The van der Waals surface area contributed by atoms with Gasteiger partial charge in [-0.05, 0) is 124 Å². The van der Waals surface area contributed by atoms with E-state index in [9.17, 15) is 0 Å². The minimum atomic E-state index is -0.105. The number of fused-ring (bicyclic) bond motifs is 8. The first-order valence-corrected chi connectivity index (χ1v) is 20.8. The molecule has 0 amide bonds. The van der Waals surface area contributed by atoms with Crippen molar-refractivity contribution in [3.63, 3.8) is 0 Å². The SMILES string of the molecule is CC.CC1=C(C2=C(C)C(C)(C)c3ccc(-n4c5ccccc5c5ccccc54)cc32)c2cc(-c3ccc4oc5ccc(-c6ccccc6)cc5c4c3)ccc2C1(C)C. The van der Waals surface area contributed by atoms with Crippen molar-refractivity contribution in [2.45, 2.75) is 66.2 Å². The molecule has 284 valence electrons. The summed E-state index contributed by atoms with van der Waals surface area (Å²) < 4.78 is 8.82. The molecule has 2 aliphatic carbocycles. The molecule has 7 aromatic carbocycles. The van der Waals surface area contributed by atoms with Gasteiger partial charge in [-0.3, -0.25) is 0 Å². The van der Waals surface area contributed by atoms with Crippen LogP contribution in [0, 0.1) is 0 Å². The van der Waals surface area contributed by atoms with E-state index in [-0.39, 0.29) is 10.8 Å². The average molecular weight is 752 g/mol. The highest BCUT2D eigenvalue weighted by atomic mass is 16.3. The largest absolute Gasteiger partial charge is 0.456 e. The summed E-state index contributed by atoms with van der Waals surface area (Å²) >= 11 is 0. The van der Waals surface area contributed by atoms with E-state index in [1.165, 1.54) is 94.3 Å². The van der Waals surface area contributed by atoms with Crippen LogP contribution in [-0.4, -0.2) is 4.57 Å². The molecule has 2 nitrogen and oxygen atoms in total. The van der Waals surface area contributed by atoms with Gasteiger partial charge in [-0.15, -0.1) is 0 Å². The summed E-state index contributed by atoms with van der Waals surface area (Å²) in [5.74, 6) is 0. The second-order valence-corrected chi connectivity index (χ2v) is 17.0. The predicted octanol–water partition coefficient (Wildman–Crippen LogP) is 15.9. The van der Waals surface area contributed by atoms with Crippen LogP contribution in [0.3, 0.4) is 0 Å². The Labute approximate surface area is 341 Å². The van der Waals surface area contributed by atoms with Crippen molar-refractivity contribution in [1.29, 1.82) is 0 Å². The zero-order valence-electron chi connectivity index (χ0n) is 34.8. The molecule has 0 fully saturated rings. The lowest BCUT2D eigenvalue weighted by Gasteiger charge is -2.23. The Kier molecular flexibility index (Phi) is 8.12. The predicted molar refractivity (Wildman–Crippen MR) is 248 cm³/mol. The standard InChI is InChI=1S/C54H43NO.C2H6/c1-32-51(52-33(2)54(5,6)46-25-23-38(31-44(46)52)55-47-18-12-10-16-39(47)40-17-11-13-19-48(40)55)43-30-36(20-24-45(43)53(32,3)4)37-22-27-50-42(29-37)41-28-35(21-26-49(41)56-50)34-14-8-7-9-15-34;1-2/h7-31H,1-6H3;1-2H3. The highest BCUT2D eigenvalue weighted by Gasteiger charge is 2.43. The van der Waals surface area contributed by atoms with Gasteiger partial charge in [-0.1, -0.05) is 150 Å². The molecular weight excluding hydrogens is 703 g/mol. The van der Waals surface area contributed by atoms with Crippen LogP contribution >= 0.6 is 0 Å². The molecule has 2 heteroatoms. The van der Waals surface area contributed by atoms with Crippen molar-refractivity contribution in [2.75, 3.05) is 0 Å². The fourth-order valence-electron chi connectivity index (χ4n) is 9.94. The minimum Gasteiger partial charge on any atom is -0.456 e. The highest BCUT2D eigenvalue weighted by molar-refractivity contribution is 6.14. The number of aromatic nitrogens is 1. The fourth-order valence-corrected chi connectivity index (χ4v) is 9.94. The van der Waals surface area contributed by atoms with E-state index in [1.807, 2.05) is 13.8 Å². The molecule has 0 atom stereocenters.